The molecule has 1 aliphatic heterocycles. The van der Waals surface area contributed by atoms with Crippen LogP contribution in [0.1, 0.15) is 6.42 Å². The van der Waals surface area contributed by atoms with Crippen molar-refractivity contribution in [2.24, 2.45) is 0 Å². The maximum atomic E-state index is 12.9. The molecule has 16 heavy (non-hydrogen) atoms. The van der Waals surface area contributed by atoms with Gasteiger partial charge in [0.15, 0.2) is 0 Å². The third-order valence-corrected chi connectivity index (χ3v) is 2.81. The van der Waals surface area contributed by atoms with E-state index >= 15 is 0 Å². The summed E-state index contributed by atoms with van der Waals surface area (Å²) in [6.07, 6.45) is -0.111. The highest BCUT2D eigenvalue weighted by Gasteiger charge is 2.38. The molecule has 1 aliphatic rings. The Hall–Kier alpha value is -0.870. The third kappa shape index (κ3) is 3.06. The van der Waals surface area contributed by atoms with E-state index in [1.807, 2.05) is 12.1 Å². The van der Waals surface area contributed by atoms with Crippen molar-refractivity contribution in [2.75, 3.05) is 18.4 Å². The summed E-state index contributed by atoms with van der Waals surface area (Å²) >= 11 is 5.81. The van der Waals surface area contributed by atoms with Crippen LogP contribution in [0.4, 0.5) is 14.5 Å². The lowest BCUT2D eigenvalue weighted by atomic mass is 10.2. The van der Waals surface area contributed by atoms with Crippen LogP contribution in [0.25, 0.3) is 0 Å². The van der Waals surface area contributed by atoms with Crippen molar-refractivity contribution in [2.45, 2.75) is 18.4 Å². The van der Waals surface area contributed by atoms with Crippen LogP contribution in [-0.4, -0.2) is 25.1 Å². The smallest absolute Gasteiger partial charge is 0.261 e. The number of halogens is 3. The molecule has 0 amide bonds. The molecule has 1 heterocycles. The molecule has 0 spiro atoms. The number of hydrogen-bond donors (Lipinski definition) is 2. The van der Waals surface area contributed by atoms with Crippen LogP contribution >= 0.6 is 11.6 Å². The van der Waals surface area contributed by atoms with Gasteiger partial charge in [-0.1, -0.05) is 17.7 Å². The molecule has 1 unspecified atom stereocenters. The zero-order chi connectivity index (χ0) is 11.6. The molecule has 1 fully saturated rings. The standard InChI is InChI=1S/C11H13ClF2N2/c12-8-2-1-3-9(4-8)15-6-10-5-11(13,14)7-16-10/h1-4,10,15-16H,5-7H2. The summed E-state index contributed by atoms with van der Waals surface area (Å²) in [4.78, 5) is 0. The van der Waals surface area contributed by atoms with Gasteiger partial charge in [-0.2, -0.15) is 0 Å². The second-order valence-electron chi connectivity index (χ2n) is 4.03. The minimum atomic E-state index is -2.57. The molecule has 2 N–H and O–H groups in total. The average Bonchev–Trinajstić information content (AvgIpc) is 2.56. The van der Waals surface area contributed by atoms with Gasteiger partial charge in [0, 0.05) is 29.7 Å². The summed E-state index contributed by atoms with van der Waals surface area (Å²) in [5.74, 6) is -2.57. The minimum absolute atomic E-state index is 0.111. The molecule has 2 rings (SSSR count). The van der Waals surface area contributed by atoms with Crippen molar-refractivity contribution in [3.05, 3.63) is 29.3 Å². The van der Waals surface area contributed by atoms with Crippen LogP contribution in [0.15, 0.2) is 24.3 Å². The largest absolute Gasteiger partial charge is 0.383 e. The number of anilines is 1. The molecule has 0 bridgehead atoms. The van der Waals surface area contributed by atoms with E-state index in [0.29, 0.717) is 11.6 Å². The summed E-state index contributed by atoms with van der Waals surface area (Å²) in [6, 6.07) is 7.04. The Balaban J connectivity index is 1.84. The van der Waals surface area contributed by atoms with Crippen LogP contribution in [0.5, 0.6) is 0 Å². The number of benzene rings is 1. The first-order valence-corrected chi connectivity index (χ1v) is 5.54. The first-order valence-electron chi connectivity index (χ1n) is 5.16. The van der Waals surface area contributed by atoms with Crippen molar-refractivity contribution in [3.63, 3.8) is 0 Å². The van der Waals surface area contributed by atoms with Gasteiger partial charge in [-0.25, -0.2) is 8.78 Å². The van der Waals surface area contributed by atoms with Crippen molar-refractivity contribution in [3.8, 4) is 0 Å². The molecular weight excluding hydrogens is 234 g/mol. The Morgan fingerprint density at radius 1 is 1.50 bits per heavy atom. The number of hydrogen-bond acceptors (Lipinski definition) is 2. The van der Waals surface area contributed by atoms with Crippen LogP contribution in [0, 0.1) is 0 Å². The van der Waals surface area contributed by atoms with Crippen molar-refractivity contribution in [1.29, 1.82) is 0 Å². The molecular formula is C11H13ClF2N2. The highest BCUT2D eigenvalue weighted by Crippen LogP contribution is 2.25. The van der Waals surface area contributed by atoms with Gasteiger partial charge >= 0.3 is 0 Å². The van der Waals surface area contributed by atoms with Crippen LogP contribution in [-0.2, 0) is 0 Å². The molecule has 2 nitrogen and oxygen atoms in total. The van der Waals surface area contributed by atoms with E-state index in [-0.39, 0.29) is 19.0 Å². The average molecular weight is 247 g/mol. The van der Waals surface area contributed by atoms with Gasteiger partial charge in [-0.3, -0.25) is 0 Å². The first-order chi connectivity index (χ1) is 7.55. The molecule has 88 valence electrons. The molecule has 0 saturated carbocycles. The normalized spacial score (nSPS) is 23.3. The fourth-order valence-electron chi connectivity index (χ4n) is 1.78. The predicted molar refractivity (Wildman–Crippen MR) is 61.3 cm³/mol. The zero-order valence-corrected chi connectivity index (χ0v) is 9.40. The fraction of sp³-hybridized carbons (Fsp3) is 0.455. The Morgan fingerprint density at radius 2 is 2.31 bits per heavy atom. The van der Waals surface area contributed by atoms with Gasteiger partial charge in [-0.15, -0.1) is 0 Å². The Bertz CT molecular complexity index is 371. The maximum absolute atomic E-state index is 12.9. The summed E-state index contributed by atoms with van der Waals surface area (Å²) < 4.78 is 25.7. The van der Waals surface area contributed by atoms with Gasteiger partial charge in [0.2, 0.25) is 0 Å². The van der Waals surface area contributed by atoms with E-state index in [4.69, 9.17) is 11.6 Å². The first kappa shape index (κ1) is 11.6. The highest BCUT2D eigenvalue weighted by molar-refractivity contribution is 6.30. The summed E-state index contributed by atoms with van der Waals surface area (Å²) in [5, 5.41) is 6.51. The topological polar surface area (TPSA) is 24.1 Å². The molecule has 1 saturated heterocycles. The summed E-state index contributed by atoms with van der Waals surface area (Å²) in [5.41, 5.74) is 0.851. The molecule has 5 heteroatoms. The van der Waals surface area contributed by atoms with Gasteiger partial charge in [0.25, 0.3) is 5.92 Å². The Kier molecular flexibility index (Phi) is 3.30. The summed E-state index contributed by atoms with van der Waals surface area (Å²) in [7, 11) is 0. The third-order valence-electron chi connectivity index (χ3n) is 2.57. The van der Waals surface area contributed by atoms with E-state index in [2.05, 4.69) is 10.6 Å². The number of rotatable bonds is 3. The van der Waals surface area contributed by atoms with E-state index < -0.39 is 5.92 Å². The SMILES string of the molecule is FC1(F)CNC(CNc2cccc(Cl)c2)C1. The van der Waals surface area contributed by atoms with E-state index in [1.54, 1.807) is 12.1 Å². The molecule has 0 aromatic heterocycles. The monoisotopic (exact) mass is 246 g/mol. The lowest BCUT2D eigenvalue weighted by molar-refractivity contribution is 0.0214. The van der Waals surface area contributed by atoms with Crippen molar-refractivity contribution < 1.29 is 8.78 Å². The lowest BCUT2D eigenvalue weighted by Crippen LogP contribution is -2.29. The minimum Gasteiger partial charge on any atom is -0.383 e. The molecule has 0 aliphatic carbocycles. The van der Waals surface area contributed by atoms with Gasteiger partial charge in [0.1, 0.15) is 0 Å². The zero-order valence-electron chi connectivity index (χ0n) is 8.64. The Labute approximate surface area is 98.0 Å². The molecule has 1 aromatic carbocycles. The summed E-state index contributed by atoms with van der Waals surface area (Å²) in [6.45, 7) is 0.255. The van der Waals surface area contributed by atoms with E-state index in [0.717, 1.165) is 5.69 Å². The maximum Gasteiger partial charge on any atom is 0.261 e. The fourth-order valence-corrected chi connectivity index (χ4v) is 1.97. The van der Waals surface area contributed by atoms with Crippen LogP contribution < -0.4 is 10.6 Å². The second-order valence-corrected chi connectivity index (χ2v) is 4.47. The van der Waals surface area contributed by atoms with Crippen LogP contribution in [0.2, 0.25) is 5.02 Å². The van der Waals surface area contributed by atoms with Crippen molar-refractivity contribution >= 4 is 17.3 Å². The van der Waals surface area contributed by atoms with Crippen LogP contribution in [0.3, 0.4) is 0 Å². The number of alkyl halides is 2. The van der Waals surface area contributed by atoms with Gasteiger partial charge in [-0.05, 0) is 18.2 Å². The quantitative estimate of drug-likeness (QED) is 0.857. The molecule has 1 aromatic rings. The lowest BCUT2D eigenvalue weighted by Gasteiger charge is -2.12. The highest BCUT2D eigenvalue weighted by atomic mass is 35.5. The second kappa shape index (κ2) is 4.55. The van der Waals surface area contributed by atoms with Gasteiger partial charge in [0.05, 0.1) is 6.54 Å². The van der Waals surface area contributed by atoms with Crippen molar-refractivity contribution in [1.82, 2.24) is 5.32 Å². The molecule has 0 radical (unpaired) electrons. The van der Waals surface area contributed by atoms with Gasteiger partial charge < -0.3 is 10.6 Å². The Morgan fingerprint density at radius 3 is 2.94 bits per heavy atom. The number of nitrogens with one attached hydrogen (secondary N) is 2. The molecule has 1 atom stereocenters. The van der Waals surface area contributed by atoms with E-state index in [1.165, 1.54) is 0 Å². The predicted octanol–water partition coefficient (Wildman–Crippen LogP) is 2.75. The van der Waals surface area contributed by atoms with E-state index in [9.17, 15) is 8.78 Å².